The molecule has 0 aliphatic carbocycles. The summed E-state index contributed by atoms with van der Waals surface area (Å²) in [5.41, 5.74) is 3.05. The predicted octanol–water partition coefficient (Wildman–Crippen LogP) is 4.61. The number of rotatable bonds is 6. The van der Waals surface area contributed by atoms with E-state index < -0.39 is 0 Å². The van der Waals surface area contributed by atoms with Crippen molar-refractivity contribution < 1.29 is 9.53 Å². The lowest BCUT2D eigenvalue weighted by atomic mass is 10.1. The molecule has 1 aliphatic rings. The van der Waals surface area contributed by atoms with Gasteiger partial charge in [0.25, 0.3) is 0 Å². The van der Waals surface area contributed by atoms with E-state index in [-0.39, 0.29) is 11.8 Å². The molecule has 1 aliphatic heterocycles. The number of benzene rings is 2. The molecule has 0 spiro atoms. The van der Waals surface area contributed by atoms with Gasteiger partial charge in [0.2, 0.25) is 5.91 Å². The van der Waals surface area contributed by atoms with Gasteiger partial charge in [-0.15, -0.1) is 0 Å². The Labute approximate surface area is 165 Å². The molecule has 0 N–H and O–H groups in total. The summed E-state index contributed by atoms with van der Waals surface area (Å²) in [6.45, 7) is 6.05. The van der Waals surface area contributed by atoms with E-state index >= 15 is 0 Å². The zero-order valence-corrected chi connectivity index (χ0v) is 16.8. The summed E-state index contributed by atoms with van der Waals surface area (Å²) in [5, 5.41) is 0. The molecule has 1 aromatic heterocycles. The van der Waals surface area contributed by atoms with Crippen LogP contribution in [0.4, 0.5) is 5.69 Å². The Hall–Kier alpha value is -2.82. The molecular weight excluding hydrogens is 350 g/mol. The molecular formula is C23H27N3O2. The number of carbonyl (C=O) groups excluding carboxylic acids is 1. The lowest BCUT2D eigenvalue weighted by Gasteiger charge is -2.18. The highest BCUT2D eigenvalue weighted by Gasteiger charge is 2.35. The number of anilines is 1. The van der Waals surface area contributed by atoms with Crippen molar-refractivity contribution in [1.82, 2.24) is 9.55 Å². The summed E-state index contributed by atoms with van der Waals surface area (Å²) >= 11 is 0. The predicted molar refractivity (Wildman–Crippen MR) is 112 cm³/mol. The number of methoxy groups -OCH3 is 1. The van der Waals surface area contributed by atoms with Crippen LogP contribution in [0.5, 0.6) is 5.75 Å². The molecule has 0 saturated carbocycles. The number of ether oxygens (including phenoxy) is 1. The van der Waals surface area contributed by atoms with Crippen LogP contribution in [0.15, 0.2) is 48.5 Å². The first-order valence-corrected chi connectivity index (χ1v) is 9.96. The van der Waals surface area contributed by atoms with Crippen molar-refractivity contribution in [2.45, 2.75) is 39.2 Å². The van der Waals surface area contributed by atoms with E-state index in [9.17, 15) is 4.79 Å². The Kier molecular flexibility index (Phi) is 5.07. The van der Waals surface area contributed by atoms with Crippen LogP contribution in [0.25, 0.3) is 11.0 Å². The largest absolute Gasteiger partial charge is 0.497 e. The van der Waals surface area contributed by atoms with Gasteiger partial charge < -0.3 is 14.2 Å². The lowest BCUT2D eigenvalue weighted by Crippen LogP contribution is -2.24. The van der Waals surface area contributed by atoms with E-state index in [1.54, 1.807) is 7.11 Å². The SMILES string of the molecule is COc1cccc(N2C[C@@H](c3nc4ccccc4n3CCC(C)C)CC2=O)c1. The maximum Gasteiger partial charge on any atom is 0.227 e. The van der Waals surface area contributed by atoms with E-state index in [1.807, 2.05) is 35.2 Å². The fourth-order valence-electron chi connectivity index (χ4n) is 3.94. The van der Waals surface area contributed by atoms with Gasteiger partial charge in [0.05, 0.1) is 18.1 Å². The molecule has 2 heterocycles. The first-order chi connectivity index (χ1) is 13.6. The summed E-state index contributed by atoms with van der Waals surface area (Å²) in [4.78, 5) is 19.6. The highest BCUT2D eigenvalue weighted by Crippen LogP contribution is 2.34. The number of carbonyl (C=O) groups is 1. The van der Waals surface area contributed by atoms with Crippen LogP contribution < -0.4 is 9.64 Å². The van der Waals surface area contributed by atoms with Crippen molar-refractivity contribution in [1.29, 1.82) is 0 Å². The average Bonchev–Trinajstić information content (AvgIpc) is 3.26. The molecule has 28 heavy (non-hydrogen) atoms. The third kappa shape index (κ3) is 3.49. The molecule has 3 aromatic rings. The lowest BCUT2D eigenvalue weighted by molar-refractivity contribution is -0.117. The molecule has 1 amide bonds. The normalized spacial score (nSPS) is 17.1. The van der Waals surface area contributed by atoms with E-state index in [0.717, 1.165) is 41.3 Å². The number of para-hydroxylation sites is 2. The summed E-state index contributed by atoms with van der Waals surface area (Å²) in [7, 11) is 1.64. The van der Waals surface area contributed by atoms with Gasteiger partial charge in [0.15, 0.2) is 0 Å². The number of hydrogen-bond donors (Lipinski definition) is 0. The van der Waals surface area contributed by atoms with Gasteiger partial charge in [-0.1, -0.05) is 32.0 Å². The van der Waals surface area contributed by atoms with Gasteiger partial charge in [-0.25, -0.2) is 4.98 Å². The standard InChI is InChI=1S/C23H27N3O2/c1-16(2)11-12-25-21-10-5-4-9-20(21)24-23(25)17-13-22(27)26(15-17)18-7-6-8-19(14-18)28-3/h4-10,14,16-17H,11-13,15H2,1-3H3/t17-/m0/s1. The van der Waals surface area contributed by atoms with Crippen molar-refractivity contribution in [3.8, 4) is 5.75 Å². The Balaban J connectivity index is 1.66. The van der Waals surface area contributed by atoms with Gasteiger partial charge in [0.1, 0.15) is 11.6 Å². The van der Waals surface area contributed by atoms with Gasteiger partial charge in [-0.05, 0) is 36.6 Å². The van der Waals surface area contributed by atoms with Crippen LogP contribution in [-0.2, 0) is 11.3 Å². The smallest absolute Gasteiger partial charge is 0.227 e. The average molecular weight is 377 g/mol. The van der Waals surface area contributed by atoms with Crippen molar-refractivity contribution in [3.63, 3.8) is 0 Å². The van der Waals surface area contributed by atoms with Gasteiger partial charge in [-0.2, -0.15) is 0 Å². The monoisotopic (exact) mass is 377 g/mol. The number of aromatic nitrogens is 2. The highest BCUT2D eigenvalue weighted by atomic mass is 16.5. The van der Waals surface area contributed by atoms with Crippen LogP contribution in [0.2, 0.25) is 0 Å². The molecule has 0 bridgehead atoms. The second-order valence-electron chi connectivity index (χ2n) is 7.90. The summed E-state index contributed by atoms with van der Waals surface area (Å²) in [6, 6.07) is 16.0. The third-order valence-corrected chi connectivity index (χ3v) is 5.47. The van der Waals surface area contributed by atoms with Crippen molar-refractivity contribution in [2.75, 3.05) is 18.6 Å². The van der Waals surface area contributed by atoms with Crippen LogP contribution in [0.3, 0.4) is 0 Å². The van der Waals surface area contributed by atoms with Crippen molar-refractivity contribution >= 4 is 22.6 Å². The topological polar surface area (TPSA) is 47.4 Å². The first-order valence-electron chi connectivity index (χ1n) is 9.96. The first kappa shape index (κ1) is 18.5. The summed E-state index contributed by atoms with van der Waals surface area (Å²) < 4.78 is 7.64. The fraction of sp³-hybridized carbons (Fsp3) is 0.391. The number of amides is 1. The number of hydrogen-bond acceptors (Lipinski definition) is 3. The molecule has 146 valence electrons. The summed E-state index contributed by atoms with van der Waals surface area (Å²) in [5.74, 6) is 2.64. The fourth-order valence-corrected chi connectivity index (χ4v) is 3.94. The highest BCUT2D eigenvalue weighted by molar-refractivity contribution is 5.96. The zero-order chi connectivity index (χ0) is 19.7. The second kappa shape index (κ2) is 7.66. The Morgan fingerprint density at radius 1 is 1.18 bits per heavy atom. The Morgan fingerprint density at radius 2 is 2.00 bits per heavy atom. The van der Waals surface area contributed by atoms with E-state index in [2.05, 4.69) is 36.6 Å². The van der Waals surface area contributed by atoms with E-state index in [1.165, 1.54) is 0 Å². The van der Waals surface area contributed by atoms with Crippen molar-refractivity contribution in [2.24, 2.45) is 5.92 Å². The second-order valence-corrected chi connectivity index (χ2v) is 7.90. The number of nitrogens with zero attached hydrogens (tertiary/aromatic N) is 3. The summed E-state index contributed by atoms with van der Waals surface area (Å²) in [6.07, 6.45) is 1.58. The molecule has 0 unspecified atom stereocenters. The molecule has 2 aromatic carbocycles. The van der Waals surface area contributed by atoms with E-state index in [0.29, 0.717) is 18.9 Å². The zero-order valence-electron chi connectivity index (χ0n) is 16.8. The maximum absolute atomic E-state index is 12.8. The Bertz CT molecular complexity index is 992. The number of aryl methyl sites for hydroxylation is 1. The van der Waals surface area contributed by atoms with Crippen LogP contribution in [0, 0.1) is 5.92 Å². The van der Waals surface area contributed by atoms with Crippen molar-refractivity contribution in [3.05, 3.63) is 54.4 Å². The molecule has 1 fully saturated rings. The molecule has 5 heteroatoms. The van der Waals surface area contributed by atoms with E-state index in [4.69, 9.17) is 9.72 Å². The molecule has 4 rings (SSSR count). The minimum absolute atomic E-state index is 0.0956. The molecule has 1 atom stereocenters. The molecule has 1 saturated heterocycles. The number of fused-ring (bicyclic) bond motifs is 1. The van der Waals surface area contributed by atoms with Gasteiger partial charge in [0, 0.05) is 37.2 Å². The third-order valence-electron chi connectivity index (χ3n) is 5.47. The molecule has 5 nitrogen and oxygen atoms in total. The van der Waals surface area contributed by atoms with Crippen LogP contribution in [0.1, 0.15) is 38.4 Å². The van der Waals surface area contributed by atoms with Crippen LogP contribution in [-0.4, -0.2) is 29.1 Å². The maximum atomic E-state index is 12.8. The number of imidazole rings is 1. The van der Waals surface area contributed by atoms with Gasteiger partial charge in [-0.3, -0.25) is 4.79 Å². The quantitative estimate of drug-likeness (QED) is 0.630. The molecule has 0 radical (unpaired) electrons. The minimum atomic E-state index is 0.0956. The minimum Gasteiger partial charge on any atom is -0.497 e. The van der Waals surface area contributed by atoms with Gasteiger partial charge >= 0.3 is 0 Å². The van der Waals surface area contributed by atoms with Crippen LogP contribution >= 0.6 is 0 Å². The Morgan fingerprint density at radius 3 is 2.79 bits per heavy atom.